The van der Waals surface area contributed by atoms with E-state index < -0.39 is 5.54 Å². The van der Waals surface area contributed by atoms with Gasteiger partial charge in [-0.15, -0.1) is 0 Å². The van der Waals surface area contributed by atoms with Crippen molar-refractivity contribution in [2.24, 2.45) is 7.05 Å². The Labute approximate surface area is 88.7 Å². The van der Waals surface area contributed by atoms with Gasteiger partial charge in [0.2, 0.25) is 0 Å². The molecule has 0 aliphatic carbocycles. The van der Waals surface area contributed by atoms with Crippen LogP contribution in [-0.2, 0) is 7.05 Å². The molecular weight excluding hydrogens is 192 g/mol. The van der Waals surface area contributed by atoms with Crippen LogP contribution in [0, 0.1) is 11.3 Å². The monoisotopic (exact) mass is 206 g/mol. The molecule has 1 amide bonds. The summed E-state index contributed by atoms with van der Waals surface area (Å²) in [7, 11) is 1.74. The Kier molecular flexibility index (Phi) is 3.10. The predicted molar refractivity (Wildman–Crippen MR) is 55.0 cm³/mol. The van der Waals surface area contributed by atoms with Crippen molar-refractivity contribution in [3.63, 3.8) is 0 Å². The zero-order valence-corrected chi connectivity index (χ0v) is 9.11. The number of amides is 1. The predicted octanol–water partition coefficient (Wildman–Crippen LogP) is 0.842. The number of carbonyl (C=O) groups is 1. The van der Waals surface area contributed by atoms with Crippen molar-refractivity contribution in [3.8, 4) is 6.07 Å². The fraction of sp³-hybridized carbons (Fsp3) is 0.500. The van der Waals surface area contributed by atoms with E-state index in [0.717, 1.165) is 0 Å². The smallest absolute Gasteiger partial charge is 0.255 e. The molecule has 1 unspecified atom stereocenters. The zero-order chi connectivity index (χ0) is 11.5. The van der Waals surface area contributed by atoms with Gasteiger partial charge in [-0.1, -0.05) is 6.92 Å². The summed E-state index contributed by atoms with van der Waals surface area (Å²) >= 11 is 0. The molecule has 0 aromatic carbocycles. The lowest BCUT2D eigenvalue weighted by Crippen LogP contribution is -2.44. The molecule has 1 aromatic heterocycles. The van der Waals surface area contributed by atoms with Crippen LogP contribution in [0.5, 0.6) is 0 Å². The third-order valence-electron chi connectivity index (χ3n) is 2.31. The summed E-state index contributed by atoms with van der Waals surface area (Å²) < 4.78 is 1.55. The van der Waals surface area contributed by atoms with E-state index in [1.807, 2.05) is 6.92 Å². The van der Waals surface area contributed by atoms with Crippen LogP contribution in [-0.4, -0.2) is 21.2 Å². The number of aromatic nitrogens is 2. The first kappa shape index (κ1) is 11.2. The van der Waals surface area contributed by atoms with Crippen molar-refractivity contribution in [2.75, 3.05) is 0 Å². The summed E-state index contributed by atoms with van der Waals surface area (Å²) in [5.41, 5.74) is -0.347. The SMILES string of the molecule is CCC(C)(C#N)NC(=O)c1cnn(C)c1. The van der Waals surface area contributed by atoms with Crippen molar-refractivity contribution in [2.45, 2.75) is 25.8 Å². The van der Waals surface area contributed by atoms with Crippen LogP contribution >= 0.6 is 0 Å². The van der Waals surface area contributed by atoms with E-state index >= 15 is 0 Å². The van der Waals surface area contributed by atoms with Gasteiger partial charge >= 0.3 is 0 Å². The summed E-state index contributed by atoms with van der Waals surface area (Å²) in [5, 5.41) is 15.5. The lowest BCUT2D eigenvalue weighted by atomic mass is 10.0. The fourth-order valence-corrected chi connectivity index (χ4v) is 1.06. The summed E-state index contributed by atoms with van der Waals surface area (Å²) in [6, 6.07) is 2.08. The van der Waals surface area contributed by atoms with E-state index in [4.69, 9.17) is 5.26 Å². The Morgan fingerprint density at radius 1 is 1.80 bits per heavy atom. The van der Waals surface area contributed by atoms with E-state index in [0.29, 0.717) is 12.0 Å². The Morgan fingerprint density at radius 3 is 2.87 bits per heavy atom. The molecule has 0 spiro atoms. The minimum Gasteiger partial charge on any atom is -0.334 e. The van der Waals surface area contributed by atoms with Gasteiger partial charge < -0.3 is 5.32 Å². The highest BCUT2D eigenvalue weighted by Gasteiger charge is 2.24. The maximum absolute atomic E-state index is 11.7. The Morgan fingerprint density at radius 2 is 2.47 bits per heavy atom. The minimum absolute atomic E-state index is 0.269. The van der Waals surface area contributed by atoms with Gasteiger partial charge in [0, 0.05) is 13.2 Å². The van der Waals surface area contributed by atoms with Gasteiger partial charge in [-0.2, -0.15) is 10.4 Å². The standard InChI is InChI=1S/C10H14N4O/c1-4-10(2,7-11)13-9(15)8-5-12-14(3)6-8/h5-6H,4H2,1-3H3,(H,13,15). The minimum atomic E-state index is -0.813. The average molecular weight is 206 g/mol. The van der Waals surface area contributed by atoms with Crippen LogP contribution < -0.4 is 5.32 Å². The lowest BCUT2D eigenvalue weighted by molar-refractivity contribution is 0.0923. The molecule has 0 aliphatic rings. The second-order valence-electron chi connectivity index (χ2n) is 3.65. The number of hydrogen-bond acceptors (Lipinski definition) is 3. The van der Waals surface area contributed by atoms with E-state index in [2.05, 4.69) is 16.5 Å². The molecule has 80 valence electrons. The molecular formula is C10H14N4O. The number of carbonyl (C=O) groups excluding carboxylic acids is 1. The van der Waals surface area contributed by atoms with Crippen molar-refractivity contribution >= 4 is 5.91 Å². The van der Waals surface area contributed by atoms with E-state index in [1.165, 1.54) is 6.20 Å². The molecule has 5 nitrogen and oxygen atoms in total. The number of hydrogen-bond donors (Lipinski definition) is 1. The number of nitrogens with zero attached hydrogens (tertiary/aromatic N) is 3. The summed E-state index contributed by atoms with van der Waals surface area (Å²) in [4.78, 5) is 11.7. The van der Waals surface area contributed by atoms with Gasteiger partial charge in [0.25, 0.3) is 5.91 Å². The fourth-order valence-electron chi connectivity index (χ4n) is 1.06. The van der Waals surface area contributed by atoms with Crippen molar-refractivity contribution in [1.29, 1.82) is 5.26 Å². The van der Waals surface area contributed by atoms with E-state index in [1.54, 1.807) is 24.9 Å². The molecule has 0 fully saturated rings. The third kappa shape index (κ3) is 2.56. The highest BCUT2D eigenvalue weighted by atomic mass is 16.1. The Bertz CT molecular complexity index is 404. The number of nitrogens with one attached hydrogen (secondary N) is 1. The first-order valence-corrected chi connectivity index (χ1v) is 4.73. The quantitative estimate of drug-likeness (QED) is 0.796. The molecule has 0 saturated carbocycles. The first-order chi connectivity index (χ1) is 7.00. The van der Waals surface area contributed by atoms with E-state index in [9.17, 15) is 4.79 Å². The van der Waals surface area contributed by atoms with Crippen LogP contribution in [0.15, 0.2) is 12.4 Å². The van der Waals surface area contributed by atoms with Gasteiger partial charge in [0.15, 0.2) is 0 Å². The zero-order valence-electron chi connectivity index (χ0n) is 9.11. The largest absolute Gasteiger partial charge is 0.334 e. The third-order valence-corrected chi connectivity index (χ3v) is 2.31. The molecule has 15 heavy (non-hydrogen) atoms. The molecule has 0 saturated heterocycles. The van der Waals surface area contributed by atoms with Crippen LogP contribution in [0.4, 0.5) is 0 Å². The molecule has 5 heteroatoms. The van der Waals surface area contributed by atoms with Gasteiger partial charge in [0.05, 0.1) is 17.8 Å². The van der Waals surface area contributed by atoms with E-state index in [-0.39, 0.29) is 5.91 Å². The van der Waals surface area contributed by atoms with Crippen LogP contribution in [0.3, 0.4) is 0 Å². The summed E-state index contributed by atoms with van der Waals surface area (Å²) in [5.74, 6) is -0.269. The van der Waals surface area contributed by atoms with Crippen LogP contribution in [0.2, 0.25) is 0 Å². The summed E-state index contributed by atoms with van der Waals surface area (Å²) in [6.45, 7) is 3.55. The molecule has 0 radical (unpaired) electrons. The molecule has 1 N–H and O–H groups in total. The van der Waals surface area contributed by atoms with Gasteiger partial charge in [-0.05, 0) is 13.3 Å². The second-order valence-corrected chi connectivity index (χ2v) is 3.65. The Balaban J connectivity index is 2.76. The van der Waals surface area contributed by atoms with Crippen molar-refractivity contribution in [3.05, 3.63) is 18.0 Å². The van der Waals surface area contributed by atoms with Gasteiger partial charge in [-0.25, -0.2) is 0 Å². The highest BCUT2D eigenvalue weighted by molar-refractivity contribution is 5.94. The number of rotatable bonds is 3. The molecule has 0 aliphatic heterocycles. The van der Waals surface area contributed by atoms with Gasteiger partial charge in [-0.3, -0.25) is 9.48 Å². The lowest BCUT2D eigenvalue weighted by Gasteiger charge is -2.20. The number of nitriles is 1. The molecule has 1 atom stereocenters. The Hall–Kier alpha value is -1.83. The first-order valence-electron chi connectivity index (χ1n) is 4.73. The molecule has 1 rings (SSSR count). The summed E-state index contributed by atoms with van der Waals surface area (Å²) in [6.07, 6.45) is 3.65. The molecule has 1 aromatic rings. The normalized spacial score (nSPS) is 14.0. The second kappa shape index (κ2) is 4.13. The van der Waals surface area contributed by atoms with Crippen molar-refractivity contribution < 1.29 is 4.79 Å². The van der Waals surface area contributed by atoms with Crippen LogP contribution in [0.1, 0.15) is 30.6 Å². The van der Waals surface area contributed by atoms with Crippen LogP contribution in [0.25, 0.3) is 0 Å². The number of aryl methyl sites for hydroxylation is 1. The molecule has 0 bridgehead atoms. The topological polar surface area (TPSA) is 70.7 Å². The molecule has 1 heterocycles. The maximum Gasteiger partial charge on any atom is 0.255 e. The average Bonchev–Trinajstić information content (AvgIpc) is 2.65. The van der Waals surface area contributed by atoms with Gasteiger partial charge in [0.1, 0.15) is 5.54 Å². The maximum atomic E-state index is 11.7. The van der Waals surface area contributed by atoms with Crippen molar-refractivity contribution in [1.82, 2.24) is 15.1 Å². The highest BCUT2D eigenvalue weighted by Crippen LogP contribution is 2.08.